The maximum Gasteiger partial charge on any atom is 0.319 e. The zero-order valence-electron chi connectivity index (χ0n) is 17.6. The monoisotopic (exact) mass is 385 g/mol. The molecule has 1 atom stereocenters. The number of benzene rings is 1. The summed E-state index contributed by atoms with van der Waals surface area (Å²) in [7, 11) is 0. The van der Waals surface area contributed by atoms with Crippen molar-refractivity contribution in [3.05, 3.63) is 41.2 Å². The fourth-order valence-corrected chi connectivity index (χ4v) is 2.77. The number of nitrogens with zero attached hydrogens (tertiary/aromatic N) is 2. The molecule has 7 nitrogen and oxygen atoms in total. The Labute approximate surface area is 166 Å². The smallest absolute Gasteiger partial charge is 0.319 e. The van der Waals surface area contributed by atoms with E-state index in [0.717, 1.165) is 23.5 Å². The van der Waals surface area contributed by atoms with Crippen molar-refractivity contribution in [2.75, 3.05) is 17.2 Å². The summed E-state index contributed by atoms with van der Waals surface area (Å²) in [4.78, 5) is 24.2. The molecule has 1 heterocycles. The highest BCUT2D eigenvalue weighted by Gasteiger charge is 2.12. The topological polar surface area (TPSA) is 88.0 Å². The number of carbonyl (C=O) groups is 2. The standard InChI is InChI=1S/C21H31N5O2/c1-13(2)20(27)23-18-8-7-15(4)19(10-18)24-21(28)22-11-14(3)12-26-17(6)9-16(5)25-26/h7-10,13-14H,11-12H2,1-6H3,(H,23,27)(H2,22,24,28)/t14-/m1/s1. The molecular formula is C21H31N5O2. The Bertz CT molecular complexity index is 841. The lowest BCUT2D eigenvalue weighted by molar-refractivity contribution is -0.118. The number of anilines is 2. The first-order chi connectivity index (χ1) is 13.2. The second-order valence-electron chi connectivity index (χ2n) is 7.72. The van der Waals surface area contributed by atoms with E-state index >= 15 is 0 Å². The fourth-order valence-electron chi connectivity index (χ4n) is 2.77. The van der Waals surface area contributed by atoms with Gasteiger partial charge < -0.3 is 16.0 Å². The average molecular weight is 386 g/mol. The second-order valence-corrected chi connectivity index (χ2v) is 7.72. The van der Waals surface area contributed by atoms with E-state index in [2.05, 4.69) is 28.0 Å². The lowest BCUT2D eigenvalue weighted by atomic mass is 10.1. The van der Waals surface area contributed by atoms with Crippen LogP contribution >= 0.6 is 0 Å². The molecule has 3 N–H and O–H groups in total. The van der Waals surface area contributed by atoms with Crippen LogP contribution in [0.5, 0.6) is 0 Å². The van der Waals surface area contributed by atoms with Gasteiger partial charge in [-0.3, -0.25) is 9.48 Å². The first-order valence-corrected chi connectivity index (χ1v) is 9.63. The minimum Gasteiger partial charge on any atom is -0.338 e. The molecule has 0 fully saturated rings. The highest BCUT2D eigenvalue weighted by Crippen LogP contribution is 2.20. The third-order valence-electron chi connectivity index (χ3n) is 4.48. The van der Waals surface area contributed by atoms with Gasteiger partial charge in [-0.15, -0.1) is 0 Å². The molecule has 0 radical (unpaired) electrons. The van der Waals surface area contributed by atoms with Crippen molar-refractivity contribution < 1.29 is 9.59 Å². The number of rotatable bonds is 7. The quantitative estimate of drug-likeness (QED) is 0.676. The van der Waals surface area contributed by atoms with Crippen molar-refractivity contribution in [2.45, 2.75) is 48.1 Å². The van der Waals surface area contributed by atoms with Gasteiger partial charge in [-0.2, -0.15) is 5.10 Å². The van der Waals surface area contributed by atoms with Gasteiger partial charge in [-0.05, 0) is 50.5 Å². The third-order valence-corrected chi connectivity index (χ3v) is 4.48. The van der Waals surface area contributed by atoms with Crippen LogP contribution in [0.2, 0.25) is 0 Å². The van der Waals surface area contributed by atoms with Gasteiger partial charge in [0.25, 0.3) is 0 Å². The molecule has 7 heteroatoms. The van der Waals surface area contributed by atoms with Crippen LogP contribution < -0.4 is 16.0 Å². The molecule has 1 aromatic heterocycles. The molecule has 0 saturated carbocycles. The first kappa shape index (κ1) is 21.5. The lowest BCUT2D eigenvalue weighted by Crippen LogP contribution is -2.34. The third kappa shape index (κ3) is 6.11. The van der Waals surface area contributed by atoms with E-state index in [1.165, 1.54) is 0 Å². The van der Waals surface area contributed by atoms with Crippen molar-refractivity contribution in [1.29, 1.82) is 0 Å². The van der Waals surface area contributed by atoms with Gasteiger partial charge in [0.15, 0.2) is 0 Å². The number of nitrogens with one attached hydrogen (secondary N) is 3. The first-order valence-electron chi connectivity index (χ1n) is 9.63. The molecular weight excluding hydrogens is 354 g/mol. The molecule has 0 spiro atoms. The molecule has 0 unspecified atom stereocenters. The summed E-state index contributed by atoms with van der Waals surface area (Å²) in [5, 5.41) is 13.1. The summed E-state index contributed by atoms with van der Waals surface area (Å²) in [5.74, 6) is 0.0726. The summed E-state index contributed by atoms with van der Waals surface area (Å²) in [6.07, 6.45) is 0. The largest absolute Gasteiger partial charge is 0.338 e. The molecule has 0 aliphatic rings. The van der Waals surface area contributed by atoms with Crippen LogP contribution in [-0.2, 0) is 11.3 Å². The zero-order valence-corrected chi connectivity index (χ0v) is 17.6. The van der Waals surface area contributed by atoms with E-state index in [1.807, 2.05) is 57.5 Å². The SMILES string of the molecule is Cc1cc(C)n(C[C@H](C)CNC(=O)Nc2cc(NC(=O)C(C)C)ccc2C)n1. The van der Waals surface area contributed by atoms with Gasteiger partial charge in [0.2, 0.25) is 5.91 Å². The predicted molar refractivity (Wildman–Crippen MR) is 113 cm³/mol. The molecule has 0 bridgehead atoms. The van der Waals surface area contributed by atoms with E-state index < -0.39 is 0 Å². The van der Waals surface area contributed by atoms with Gasteiger partial charge in [0, 0.05) is 36.1 Å². The number of hydrogen-bond donors (Lipinski definition) is 3. The zero-order chi connectivity index (χ0) is 20.8. The number of carbonyl (C=O) groups excluding carboxylic acids is 2. The summed E-state index contributed by atoms with van der Waals surface area (Å²) in [6.45, 7) is 12.9. The minimum absolute atomic E-state index is 0.0581. The number of amides is 3. The highest BCUT2D eigenvalue weighted by atomic mass is 16.2. The number of aryl methyl sites for hydroxylation is 3. The molecule has 152 valence electrons. The van der Waals surface area contributed by atoms with Gasteiger partial charge >= 0.3 is 6.03 Å². The van der Waals surface area contributed by atoms with Crippen LogP contribution in [0.15, 0.2) is 24.3 Å². The molecule has 1 aromatic carbocycles. The molecule has 2 rings (SSSR count). The maximum absolute atomic E-state index is 12.3. The van der Waals surface area contributed by atoms with Crippen molar-refractivity contribution in [2.24, 2.45) is 11.8 Å². The van der Waals surface area contributed by atoms with Crippen LogP contribution in [0.25, 0.3) is 0 Å². The summed E-state index contributed by atoms with van der Waals surface area (Å²) in [5.41, 5.74) is 4.37. The normalized spacial score (nSPS) is 12.0. The Morgan fingerprint density at radius 3 is 2.39 bits per heavy atom. The minimum atomic E-state index is -0.268. The van der Waals surface area contributed by atoms with Crippen LogP contribution in [-0.4, -0.2) is 28.3 Å². The van der Waals surface area contributed by atoms with E-state index in [1.54, 1.807) is 6.07 Å². The van der Waals surface area contributed by atoms with Gasteiger partial charge in [0.05, 0.1) is 5.69 Å². The Morgan fingerprint density at radius 2 is 1.79 bits per heavy atom. The van der Waals surface area contributed by atoms with Crippen molar-refractivity contribution in [3.8, 4) is 0 Å². The van der Waals surface area contributed by atoms with Gasteiger partial charge in [-0.25, -0.2) is 4.79 Å². The average Bonchev–Trinajstić information content (AvgIpc) is 2.93. The van der Waals surface area contributed by atoms with E-state index in [-0.39, 0.29) is 23.8 Å². The van der Waals surface area contributed by atoms with Crippen LogP contribution in [0, 0.1) is 32.6 Å². The van der Waals surface area contributed by atoms with Gasteiger partial charge in [0.1, 0.15) is 0 Å². The van der Waals surface area contributed by atoms with Crippen molar-refractivity contribution in [1.82, 2.24) is 15.1 Å². The number of hydrogen-bond acceptors (Lipinski definition) is 3. The van der Waals surface area contributed by atoms with Crippen LogP contribution in [0.1, 0.15) is 37.7 Å². The Hall–Kier alpha value is -2.83. The van der Waals surface area contributed by atoms with E-state index in [4.69, 9.17) is 0 Å². The van der Waals surface area contributed by atoms with Crippen LogP contribution in [0.4, 0.5) is 16.2 Å². The number of urea groups is 1. The molecule has 0 aliphatic heterocycles. The molecule has 3 amide bonds. The molecule has 0 aliphatic carbocycles. The highest BCUT2D eigenvalue weighted by molar-refractivity contribution is 5.94. The Kier molecular flexibility index (Phi) is 7.20. The summed E-state index contributed by atoms with van der Waals surface area (Å²) < 4.78 is 1.96. The molecule has 28 heavy (non-hydrogen) atoms. The van der Waals surface area contributed by atoms with E-state index in [9.17, 15) is 9.59 Å². The Morgan fingerprint density at radius 1 is 1.07 bits per heavy atom. The fraction of sp³-hybridized carbons (Fsp3) is 0.476. The second kappa shape index (κ2) is 9.39. The molecule has 2 aromatic rings. The number of aromatic nitrogens is 2. The predicted octanol–water partition coefficient (Wildman–Crippen LogP) is 3.86. The van der Waals surface area contributed by atoms with Crippen molar-refractivity contribution >= 4 is 23.3 Å². The van der Waals surface area contributed by atoms with E-state index in [0.29, 0.717) is 17.9 Å². The maximum atomic E-state index is 12.3. The summed E-state index contributed by atoms with van der Waals surface area (Å²) >= 11 is 0. The van der Waals surface area contributed by atoms with Crippen molar-refractivity contribution in [3.63, 3.8) is 0 Å². The van der Waals surface area contributed by atoms with Crippen LogP contribution in [0.3, 0.4) is 0 Å². The summed E-state index contributed by atoms with van der Waals surface area (Å²) in [6, 6.07) is 7.25. The molecule has 0 saturated heterocycles. The Balaban J connectivity index is 1.89. The van der Waals surface area contributed by atoms with Gasteiger partial charge in [-0.1, -0.05) is 26.8 Å². The lowest BCUT2D eigenvalue weighted by Gasteiger charge is -2.16.